The fourth-order valence-electron chi connectivity index (χ4n) is 7.59. The third kappa shape index (κ3) is 4.78. The van der Waals surface area contributed by atoms with Crippen molar-refractivity contribution in [3.63, 3.8) is 0 Å². The molecule has 7 aromatic rings. The second kappa shape index (κ2) is 10.8. The van der Waals surface area contributed by atoms with Gasteiger partial charge in [0.25, 0.3) is 0 Å². The monoisotopic (exact) mass is 633 g/mol. The van der Waals surface area contributed by atoms with Crippen molar-refractivity contribution < 1.29 is 4.74 Å². The van der Waals surface area contributed by atoms with Gasteiger partial charge in [-0.1, -0.05) is 141 Å². The normalized spacial score (nSPS) is 14.6. The number of aromatic nitrogens is 3. The molecule has 0 saturated heterocycles. The van der Waals surface area contributed by atoms with Crippen LogP contribution in [0.1, 0.15) is 44.4 Å². The molecule has 2 heterocycles. The molecule has 1 aliphatic heterocycles. The predicted octanol–water partition coefficient (Wildman–Crippen LogP) is 11.1. The molecule has 0 N–H and O–H groups in total. The summed E-state index contributed by atoms with van der Waals surface area (Å²) in [7, 11) is 0. The lowest BCUT2D eigenvalue weighted by Gasteiger charge is -2.35. The molecule has 0 fully saturated rings. The van der Waals surface area contributed by atoms with E-state index in [-0.39, 0.29) is 5.41 Å². The van der Waals surface area contributed by atoms with Gasteiger partial charge in [0.05, 0.1) is 0 Å². The minimum absolute atomic E-state index is 0.114. The van der Waals surface area contributed by atoms with Crippen molar-refractivity contribution >= 4 is 0 Å². The smallest absolute Gasteiger partial charge is 0.164 e. The number of hydrogen-bond acceptors (Lipinski definition) is 4. The Balaban J connectivity index is 1.10. The third-order valence-corrected chi connectivity index (χ3v) is 10.2. The largest absolute Gasteiger partial charge is 0.482 e. The van der Waals surface area contributed by atoms with Crippen molar-refractivity contribution in [2.24, 2.45) is 0 Å². The molecule has 49 heavy (non-hydrogen) atoms. The van der Waals surface area contributed by atoms with Crippen LogP contribution in [-0.4, -0.2) is 15.0 Å². The lowest BCUT2D eigenvalue weighted by molar-refractivity contribution is 0.106. The van der Waals surface area contributed by atoms with E-state index in [9.17, 15) is 0 Å². The van der Waals surface area contributed by atoms with Crippen LogP contribution < -0.4 is 4.74 Å². The van der Waals surface area contributed by atoms with Crippen molar-refractivity contribution in [3.05, 3.63) is 156 Å². The molecule has 9 rings (SSSR count). The average molecular weight is 634 g/mol. The molecular weight excluding hydrogens is 599 g/mol. The highest BCUT2D eigenvalue weighted by molar-refractivity contribution is 5.84. The number of rotatable bonds is 4. The highest BCUT2D eigenvalue weighted by atomic mass is 16.5. The molecule has 1 aromatic heterocycles. The molecule has 0 saturated carbocycles. The Bertz CT molecular complexity index is 2410. The number of hydrogen-bond donors (Lipinski definition) is 0. The maximum atomic E-state index is 6.54. The summed E-state index contributed by atoms with van der Waals surface area (Å²) in [6, 6.07) is 49.0. The van der Waals surface area contributed by atoms with Crippen LogP contribution in [0.5, 0.6) is 5.75 Å². The number of ether oxygens (including phenoxy) is 1. The van der Waals surface area contributed by atoms with Gasteiger partial charge in [0.2, 0.25) is 0 Å². The summed E-state index contributed by atoms with van der Waals surface area (Å²) in [5.74, 6) is 2.87. The molecular formula is C45H35N3O. The SMILES string of the molecule is CC1(C)Oc2cc(-c3ccc(-c4nc(-c5ccccc5)nc(-c5ccc6c(c5)C(C)(C)c5ccccc5-6)n4)cc3)ccc2-c2ccccc21. The summed E-state index contributed by atoms with van der Waals surface area (Å²) in [5.41, 5.74) is 13.3. The maximum Gasteiger partial charge on any atom is 0.164 e. The van der Waals surface area contributed by atoms with Crippen LogP contribution in [0.3, 0.4) is 0 Å². The van der Waals surface area contributed by atoms with Gasteiger partial charge in [-0.3, -0.25) is 0 Å². The molecule has 6 aromatic carbocycles. The van der Waals surface area contributed by atoms with Crippen LogP contribution in [0.25, 0.3) is 67.5 Å². The van der Waals surface area contributed by atoms with Crippen LogP contribution in [-0.2, 0) is 11.0 Å². The van der Waals surface area contributed by atoms with Gasteiger partial charge >= 0.3 is 0 Å². The van der Waals surface area contributed by atoms with E-state index in [1.807, 2.05) is 30.3 Å². The first kappa shape index (κ1) is 29.3. The predicted molar refractivity (Wildman–Crippen MR) is 198 cm³/mol. The van der Waals surface area contributed by atoms with Crippen molar-refractivity contribution in [3.8, 4) is 73.3 Å². The van der Waals surface area contributed by atoms with E-state index in [0.29, 0.717) is 17.5 Å². The van der Waals surface area contributed by atoms with Crippen LogP contribution in [0.15, 0.2) is 140 Å². The van der Waals surface area contributed by atoms with E-state index in [0.717, 1.165) is 39.1 Å². The van der Waals surface area contributed by atoms with Gasteiger partial charge in [0, 0.05) is 33.2 Å². The first-order valence-electron chi connectivity index (χ1n) is 16.9. The molecule has 2 aliphatic rings. The van der Waals surface area contributed by atoms with Gasteiger partial charge in [-0.25, -0.2) is 15.0 Å². The molecule has 4 heteroatoms. The third-order valence-electron chi connectivity index (χ3n) is 10.2. The summed E-state index contributed by atoms with van der Waals surface area (Å²) in [6.07, 6.45) is 0. The van der Waals surface area contributed by atoms with Crippen LogP contribution in [0.2, 0.25) is 0 Å². The van der Waals surface area contributed by atoms with E-state index in [1.54, 1.807) is 0 Å². The molecule has 0 atom stereocenters. The fraction of sp³-hybridized carbons (Fsp3) is 0.133. The highest BCUT2D eigenvalue weighted by Gasteiger charge is 2.35. The van der Waals surface area contributed by atoms with Crippen molar-refractivity contribution in [1.29, 1.82) is 0 Å². The number of nitrogens with zero attached hydrogens (tertiary/aromatic N) is 3. The van der Waals surface area contributed by atoms with Crippen molar-refractivity contribution in [1.82, 2.24) is 15.0 Å². The zero-order chi connectivity index (χ0) is 33.3. The summed E-state index contributed by atoms with van der Waals surface area (Å²) < 4.78 is 6.54. The zero-order valence-electron chi connectivity index (χ0n) is 28.0. The lowest BCUT2D eigenvalue weighted by Crippen LogP contribution is -2.29. The highest BCUT2D eigenvalue weighted by Crippen LogP contribution is 2.50. The Morgan fingerprint density at radius 2 is 0.878 bits per heavy atom. The second-order valence-electron chi connectivity index (χ2n) is 14.0. The van der Waals surface area contributed by atoms with E-state index < -0.39 is 5.60 Å². The average Bonchev–Trinajstić information content (AvgIpc) is 3.37. The Hall–Kier alpha value is -5.87. The van der Waals surface area contributed by atoms with E-state index in [4.69, 9.17) is 19.7 Å². The summed E-state index contributed by atoms with van der Waals surface area (Å²) >= 11 is 0. The molecule has 4 nitrogen and oxygen atoms in total. The molecule has 0 amide bonds. The summed E-state index contributed by atoms with van der Waals surface area (Å²) in [6.45, 7) is 8.86. The van der Waals surface area contributed by atoms with Crippen LogP contribution in [0, 0.1) is 0 Å². The molecule has 0 bridgehead atoms. The fourth-order valence-corrected chi connectivity index (χ4v) is 7.59. The van der Waals surface area contributed by atoms with Gasteiger partial charge in [-0.15, -0.1) is 0 Å². The first-order chi connectivity index (χ1) is 23.8. The number of fused-ring (bicyclic) bond motifs is 6. The molecule has 0 spiro atoms. The second-order valence-corrected chi connectivity index (χ2v) is 14.0. The van der Waals surface area contributed by atoms with Crippen molar-refractivity contribution in [2.75, 3.05) is 0 Å². The van der Waals surface area contributed by atoms with Crippen LogP contribution >= 0.6 is 0 Å². The Morgan fingerprint density at radius 1 is 0.388 bits per heavy atom. The summed E-state index contributed by atoms with van der Waals surface area (Å²) in [4.78, 5) is 15.1. The Morgan fingerprint density at radius 3 is 1.59 bits per heavy atom. The maximum absolute atomic E-state index is 6.54. The Kier molecular flexibility index (Phi) is 6.47. The molecule has 1 aliphatic carbocycles. The Labute approximate surface area is 287 Å². The topological polar surface area (TPSA) is 47.9 Å². The molecule has 236 valence electrons. The van der Waals surface area contributed by atoms with Gasteiger partial charge < -0.3 is 4.74 Å². The van der Waals surface area contributed by atoms with Gasteiger partial charge in [0.15, 0.2) is 17.5 Å². The quantitative estimate of drug-likeness (QED) is 0.193. The van der Waals surface area contributed by atoms with Crippen molar-refractivity contribution in [2.45, 2.75) is 38.7 Å². The lowest BCUT2D eigenvalue weighted by atomic mass is 9.82. The van der Waals surface area contributed by atoms with Gasteiger partial charge in [-0.05, 0) is 64.9 Å². The summed E-state index contributed by atoms with van der Waals surface area (Å²) in [5, 5.41) is 0. The molecule has 0 radical (unpaired) electrons. The first-order valence-corrected chi connectivity index (χ1v) is 16.9. The van der Waals surface area contributed by atoms with E-state index in [2.05, 4.69) is 137 Å². The van der Waals surface area contributed by atoms with Gasteiger partial charge in [-0.2, -0.15) is 0 Å². The van der Waals surface area contributed by atoms with Gasteiger partial charge in [0.1, 0.15) is 11.4 Å². The standard InChI is InChI=1S/C45H35N3O/c1-44(2)37-16-10-8-14-33(37)35-24-23-32(26-39(35)44)43-47-41(29-12-6-5-7-13-29)46-42(48-43)30-20-18-28(19-21-30)31-22-25-36-34-15-9-11-17-38(34)45(3,4)49-40(36)27-31/h5-27H,1-4H3. The zero-order valence-corrected chi connectivity index (χ0v) is 28.0. The van der Waals surface area contributed by atoms with E-state index in [1.165, 1.54) is 33.4 Å². The molecule has 0 unspecified atom stereocenters. The van der Waals surface area contributed by atoms with E-state index >= 15 is 0 Å². The number of benzene rings is 6. The van der Waals surface area contributed by atoms with Crippen LogP contribution in [0.4, 0.5) is 0 Å². The minimum Gasteiger partial charge on any atom is -0.482 e. The minimum atomic E-state index is -0.405.